The third-order valence-corrected chi connectivity index (χ3v) is 4.54. The first-order valence-corrected chi connectivity index (χ1v) is 7.74. The molecule has 120 valence electrons. The number of carbonyl (C=O) groups is 1. The van der Waals surface area contributed by atoms with E-state index < -0.39 is 5.60 Å². The molecule has 22 heavy (non-hydrogen) atoms. The van der Waals surface area contributed by atoms with Gasteiger partial charge in [0.1, 0.15) is 5.60 Å². The van der Waals surface area contributed by atoms with Gasteiger partial charge in [0.25, 0.3) is 5.91 Å². The van der Waals surface area contributed by atoms with Gasteiger partial charge in [-0.15, -0.1) is 10.2 Å². The average Bonchev–Trinajstić information content (AvgIpc) is 2.69. The number of rotatable bonds is 2. The molecule has 0 aliphatic carbocycles. The number of aromatic nitrogens is 2. The van der Waals surface area contributed by atoms with Crippen molar-refractivity contribution in [1.82, 2.24) is 15.1 Å². The molecule has 2 unspecified atom stereocenters. The van der Waals surface area contributed by atoms with Gasteiger partial charge in [-0.3, -0.25) is 4.79 Å². The number of carbonyl (C=O) groups excluding carboxylic acids is 1. The van der Waals surface area contributed by atoms with Crippen molar-refractivity contribution >= 4 is 29.0 Å². The molecule has 2 saturated heterocycles. The minimum atomic E-state index is -1.34. The highest BCUT2D eigenvalue weighted by atomic mass is 35.5. The number of hydrogen-bond acceptors (Lipinski definition) is 6. The molecule has 2 aliphatic rings. The molecule has 1 aromatic heterocycles. The summed E-state index contributed by atoms with van der Waals surface area (Å²) in [6, 6.07) is 1.85. The van der Waals surface area contributed by atoms with Crippen molar-refractivity contribution < 1.29 is 9.90 Å². The van der Waals surface area contributed by atoms with Crippen LogP contribution < -0.4 is 10.6 Å². The minimum Gasteiger partial charge on any atom is -0.381 e. The lowest BCUT2D eigenvalue weighted by molar-refractivity contribution is -0.151. The normalized spacial score (nSPS) is 24.7. The zero-order valence-corrected chi connectivity index (χ0v) is 13.4. The zero-order chi connectivity index (χ0) is 16.1. The lowest BCUT2D eigenvalue weighted by Gasteiger charge is -2.44. The first-order chi connectivity index (χ1) is 10.3. The monoisotopic (exact) mass is 325 g/mol. The van der Waals surface area contributed by atoms with Crippen LogP contribution in [0.3, 0.4) is 0 Å². The van der Waals surface area contributed by atoms with E-state index in [9.17, 15) is 9.90 Å². The van der Waals surface area contributed by atoms with Gasteiger partial charge in [-0.2, -0.15) is 0 Å². The Morgan fingerprint density at radius 1 is 1.36 bits per heavy atom. The van der Waals surface area contributed by atoms with Crippen LogP contribution in [0.5, 0.6) is 0 Å². The maximum absolute atomic E-state index is 12.4. The predicted octanol–water partition coefficient (Wildman–Crippen LogP) is 0.663. The van der Waals surface area contributed by atoms with E-state index in [4.69, 9.17) is 17.3 Å². The number of fused-ring (bicyclic) bond motifs is 2. The molecular formula is C14H20ClN5O2. The largest absolute Gasteiger partial charge is 0.381 e. The lowest BCUT2D eigenvalue weighted by atomic mass is 10.0. The number of nitrogens with zero attached hydrogens (tertiary/aromatic N) is 4. The molecule has 8 heteroatoms. The van der Waals surface area contributed by atoms with Gasteiger partial charge in [-0.05, 0) is 26.7 Å². The van der Waals surface area contributed by atoms with Gasteiger partial charge in [0.2, 0.25) is 0 Å². The average molecular weight is 326 g/mol. The first-order valence-electron chi connectivity index (χ1n) is 7.36. The Morgan fingerprint density at radius 3 is 2.50 bits per heavy atom. The van der Waals surface area contributed by atoms with Crippen molar-refractivity contribution in [2.45, 2.75) is 44.4 Å². The van der Waals surface area contributed by atoms with Crippen molar-refractivity contribution in [3.05, 3.63) is 11.2 Å². The molecule has 1 aromatic rings. The van der Waals surface area contributed by atoms with E-state index in [1.54, 1.807) is 6.07 Å². The molecule has 0 spiro atoms. The van der Waals surface area contributed by atoms with Gasteiger partial charge in [-0.25, -0.2) is 0 Å². The number of piperazine rings is 1. The molecule has 7 nitrogen and oxygen atoms in total. The molecule has 2 aliphatic heterocycles. The summed E-state index contributed by atoms with van der Waals surface area (Å²) in [5.74, 6) is 0.129. The van der Waals surface area contributed by atoms with E-state index in [2.05, 4.69) is 15.1 Å². The van der Waals surface area contributed by atoms with Crippen LogP contribution in [0.25, 0.3) is 0 Å². The van der Waals surface area contributed by atoms with Crippen molar-refractivity contribution in [1.29, 1.82) is 0 Å². The third kappa shape index (κ3) is 2.59. The molecule has 3 N–H and O–H groups in total. The van der Waals surface area contributed by atoms with E-state index in [1.807, 2.05) is 4.90 Å². The fraction of sp³-hybridized carbons (Fsp3) is 0.643. The Morgan fingerprint density at radius 2 is 1.95 bits per heavy atom. The van der Waals surface area contributed by atoms with Crippen LogP contribution in [0.4, 0.5) is 11.5 Å². The van der Waals surface area contributed by atoms with Crippen LogP contribution in [0.15, 0.2) is 6.07 Å². The fourth-order valence-electron chi connectivity index (χ4n) is 3.37. The van der Waals surface area contributed by atoms with Crippen LogP contribution in [-0.2, 0) is 4.79 Å². The van der Waals surface area contributed by atoms with Crippen molar-refractivity contribution in [3.63, 3.8) is 0 Å². The Labute approximate surface area is 134 Å². The standard InChI is InChI=1S/C14H20ClN5O2/c1-14(2,22)13(21)20-8-3-4-9(20)7-19(6-8)10-5-11(15)17-18-12(10)16/h5,8-9,22H,3-4,6-7H2,1-2H3,(H2,16,18). The highest BCUT2D eigenvalue weighted by Gasteiger charge is 2.46. The molecule has 0 aromatic carbocycles. The van der Waals surface area contributed by atoms with Crippen molar-refractivity contribution in [3.8, 4) is 0 Å². The van der Waals surface area contributed by atoms with Gasteiger partial charge in [0.05, 0.1) is 5.69 Å². The van der Waals surface area contributed by atoms with Crippen molar-refractivity contribution in [2.75, 3.05) is 23.7 Å². The molecule has 0 radical (unpaired) electrons. The molecular weight excluding hydrogens is 306 g/mol. The maximum Gasteiger partial charge on any atom is 0.254 e. The summed E-state index contributed by atoms with van der Waals surface area (Å²) < 4.78 is 0. The number of nitrogens with two attached hydrogens (primary N) is 1. The zero-order valence-electron chi connectivity index (χ0n) is 12.7. The van der Waals surface area contributed by atoms with Crippen LogP contribution in [-0.4, -0.2) is 56.9 Å². The third-order valence-electron chi connectivity index (χ3n) is 4.35. The predicted molar refractivity (Wildman–Crippen MR) is 83.6 cm³/mol. The van der Waals surface area contributed by atoms with Gasteiger partial charge in [0, 0.05) is 31.2 Å². The van der Waals surface area contributed by atoms with Gasteiger partial charge in [-0.1, -0.05) is 11.6 Å². The number of amides is 1. The molecule has 2 atom stereocenters. The molecule has 3 rings (SSSR count). The molecule has 1 amide bonds. The number of aliphatic hydroxyl groups is 1. The number of anilines is 2. The van der Waals surface area contributed by atoms with Crippen LogP contribution >= 0.6 is 11.6 Å². The van der Waals surface area contributed by atoms with Gasteiger partial charge >= 0.3 is 0 Å². The summed E-state index contributed by atoms with van der Waals surface area (Å²) >= 11 is 5.91. The molecule has 2 bridgehead atoms. The molecule has 2 fully saturated rings. The molecule has 0 saturated carbocycles. The first kappa shape index (κ1) is 15.3. The van der Waals surface area contributed by atoms with E-state index in [0.29, 0.717) is 24.1 Å². The lowest BCUT2D eigenvalue weighted by Crippen LogP contribution is -2.60. The summed E-state index contributed by atoms with van der Waals surface area (Å²) in [5.41, 5.74) is 5.31. The van der Waals surface area contributed by atoms with E-state index >= 15 is 0 Å². The topological polar surface area (TPSA) is 95.6 Å². The Hall–Kier alpha value is -1.60. The minimum absolute atomic E-state index is 0.0732. The Bertz CT molecular complexity index is 589. The summed E-state index contributed by atoms with van der Waals surface area (Å²) in [6.07, 6.45) is 1.85. The van der Waals surface area contributed by atoms with E-state index in [0.717, 1.165) is 18.5 Å². The summed E-state index contributed by atoms with van der Waals surface area (Å²) in [5, 5.41) is 17.9. The maximum atomic E-state index is 12.4. The van der Waals surface area contributed by atoms with Crippen LogP contribution in [0.1, 0.15) is 26.7 Å². The van der Waals surface area contributed by atoms with Crippen LogP contribution in [0, 0.1) is 0 Å². The second kappa shape index (κ2) is 5.24. The second-order valence-electron chi connectivity index (χ2n) is 6.50. The molecule has 3 heterocycles. The summed E-state index contributed by atoms with van der Waals surface area (Å²) in [4.78, 5) is 16.4. The Kier molecular flexibility index (Phi) is 3.65. The van der Waals surface area contributed by atoms with Crippen molar-refractivity contribution in [2.24, 2.45) is 0 Å². The summed E-state index contributed by atoms with van der Waals surface area (Å²) in [7, 11) is 0. The highest BCUT2D eigenvalue weighted by molar-refractivity contribution is 6.29. The van der Waals surface area contributed by atoms with Crippen LogP contribution in [0.2, 0.25) is 5.15 Å². The SMILES string of the molecule is CC(C)(O)C(=O)N1C2CCC1CN(c1cc(Cl)nnc1N)C2. The number of nitrogen functional groups attached to an aromatic ring is 1. The van der Waals surface area contributed by atoms with E-state index in [-0.39, 0.29) is 18.0 Å². The second-order valence-corrected chi connectivity index (χ2v) is 6.89. The number of halogens is 1. The van der Waals surface area contributed by atoms with Gasteiger partial charge < -0.3 is 20.6 Å². The Balaban J connectivity index is 1.83. The van der Waals surface area contributed by atoms with Gasteiger partial charge in [0.15, 0.2) is 11.0 Å². The quantitative estimate of drug-likeness (QED) is 0.829. The van der Waals surface area contributed by atoms with E-state index in [1.165, 1.54) is 13.8 Å². The summed E-state index contributed by atoms with van der Waals surface area (Å²) in [6.45, 7) is 4.38. The smallest absolute Gasteiger partial charge is 0.254 e. The highest BCUT2D eigenvalue weighted by Crippen LogP contribution is 2.35. The number of hydrogen-bond donors (Lipinski definition) is 2. The fourth-order valence-corrected chi connectivity index (χ4v) is 3.51.